The Labute approximate surface area is 252 Å². The number of carbonyl (C=O) groups excluding carboxylic acids is 2. The van der Waals surface area contributed by atoms with Crippen LogP contribution in [0.5, 0.6) is 5.75 Å². The number of carbonyl (C=O) groups is 2. The van der Waals surface area contributed by atoms with E-state index in [4.69, 9.17) is 49.9 Å². The third kappa shape index (κ3) is 50.0. The van der Waals surface area contributed by atoms with Crippen molar-refractivity contribution in [3.05, 3.63) is 55.6 Å². The molecule has 1 unspecified atom stereocenters. The lowest BCUT2D eigenvalue weighted by Crippen LogP contribution is -2.45. The minimum Gasteiger partial charge on any atom is -0.455 e. The molecule has 6 N–H and O–H groups in total. The van der Waals surface area contributed by atoms with Gasteiger partial charge in [-0.15, -0.1) is 4.89 Å². The second-order valence-corrected chi connectivity index (χ2v) is 6.83. The van der Waals surface area contributed by atoms with E-state index in [1.807, 2.05) is 13.0 Å². The highest BCUT2D eigenvalue weighted by Crippen LogP contribution is 2.26. The van der Waals surface area contributed by atoms with E-state index in [2.05, 4.69) is 13.2 Å². The van der Waals surface area contributed by atoms with E-state index in [1.165, 1.54) is 0 Å². The van der Waals surface area contributed by atoms with Gasteiger partial charge >= 0.3 is 11.9 Å². The Bertz CT molecular complexity index is 615. The predicted octanol–water partition coefficient (Wildman–Crippen LogP) is 3.33. The Kier molecular flexibility index (Phi) is 59.2. The van der Waals surface area contributed by atoms with Crippen LogP contribution in [0.2, 0.25) is 0 Å². The van der Waals surface area contributed by atoms with Crippen LogP contribution in [0.4, 0.5) is 0 Å². The van der Waals surface area contributed by atoms with Gasteiger partial charge in [-0.1, -0.05) is 44.7 Å². The van der Waals surface area contributed by atoms with E-state index in [9.17, 15) is 9.59 Å². The number of unbranched alkanes of at least 4 members (excludes halogenated alkanes) is 1. The summed E-state index contributed by atoms with van der Waals surface area (Å²) >= 11 is 0. The van der Waals surface area contributed by atoms with E-state index in [-0.39, 0.29) is 46.2 Å². The number of para-hydroxylation sites is 1. The maximum absolute atomic E-state index is 11.4. The molecule has 250 valence electrons. The van der Waals surface area contributed by atoms with Crippen LogP contribution in [0, 0.1) is 0 Å². The molecule has 0 saturated carbocycles. The number of hydrogen-bond donors (Lipinski definition) is 6. The molecular weight excluding hydrogens is 552 g/mol. The smallest absolute Gasteiger partial charge is 0.365 e. The van der Waals surface area contributed by atoms with E-state index in [0.717, 1.165) is 18.6 Å². The van der Waals surface area contributed by atoms with Crippen LogP contribution in [-0.4, -0.2) is 94.6 Å². The molecule has 1 aromatic carbocycles. The predicted molar refractivity (Wildman–Crippen MR) is 164 cm³/mol. The molecule has 0 aliphatic carbocycles. The number of esters is 1. The molecule has 1 atom stereocenters. The highest BCUT2D eigenvalue weighted by molar-refractivity contribution is 5.81. The summed E-state index contributed by atoms with van der Waals surface area (Å²) in [6, 6.07) is 8.83. The van der Waals surface area contributed by atoms with Crippen LogP contribution in [0.1, 0.15) is 67.7 Å². The van der Waals surface area contributed by atoms with Crippen molar-refractivity contribution >= 4 is 11.9 Å². The SMILES string of the molecule is C=CC(=O)OCC(CCCC)(OOC(=O)C=C)Oc1ccccc1.CCO.CCO.CCO.CCO.CCO.CCO. The van der Waals surface area contributed by atoms with Crippen molar-refractivity contribution in [1.82, 2.24) is 0 Å². The van der Waals surface area contributed by atoms with Gasteiger partial charge in [0.25, 0.3) is 5.79 Å². The van der Waals surface area contributed by atoms with Crippen molar-refractivity contribution in [2.45, 2.75) is 73.5 Å². The second-order valence-electron chi connectivity index (χ2n) is 6.83. The molecule has 0 radical (unpaired) electrons. The normalized spacial score (nSPS) is 9.74. The molecule has 0 spiro atoms. The quantitative estimate of drug-likeness (QED) is 0.0705. The largest absolute Gasteiger partial charge is 0.455 e. The van der Waals surface area contributed by atoms with Gasteiger partial charge in [-0.2, -0.15) is 0 Å². The zero-order valence-corrected chi connectivity index (χ0v) is 26.7. The van der Waals surface area contributed by atoms with Gasteiger partial charge in [-0.3, -0.25) is 4.89 Å². The molecular formula is C30H58O12. The molecule has 0 heterocycles. The zero-order chi connectivity index (χ0) is 34.1. The van der Waals surface area contributed by atoms with Gasteiger partial charge in [0.2, 0.25) is 0 Å². The number of aliphatic hydroxyl groups excluding tert-OH is 6. The van der Waals surface area contributed by atoms with Gasteiger partial charge in [0, 0.05) is 58.2 Å². The lowest BCUT2D eigenvalue weighted by Gasteiger charge is -2.31. The number of hydrogen-bond acceptors (Lipinski definition) is 12. The summed E-state index contributed by atoms with van der Waals surface area (Å²) in [5.74, 6) is -2.39. The van der Waals surface area contributed by atoms with Crippen molar-refractivity contribution in [3.8, 4) is 5.75 Å². The van der Waals surface area contributed by atoms with Crippen LogP contribution >= 0.6 is 0 Å². The van der Waals surface area contributed by atoms with Crippen LogP contribution in [-0.2, 0) is 24.1 Å². The fraction of sp³-hybridized carbons (Fsp3) is 0.600. The lowest BCUT2D eigenvalue weighted by atomic mass is 10.1. The van der Waals surface area contributed by atoms with Crippen LogP contribution in [0.15, 0.2) is 55.6 Å². The zero-order valence-electron chi connectivity index (χ0n) is 26.7. The average molecular weight is 611 g/mol. The maximum atomic E-state index is 11.4. The second kappa shape index (κ2) is 47.9. The molecule has 12 heteroatoms. The molecule has 1 rings (SSSR count). The summed E-state index contributed by atoms with van der Waals surface area (Å²) in [6.45, 7) is 19.9. The topological polar surface area (TPSA) is 192 Å². The van der Waals surface area contributed by atoms with Crippen LogP contribution < -0.4 is 4.74 Å². The molecule has 0 amide bonds. The van der Waals surface area contributed by atoms with E-state index < -0.39 is 17.7 Å². The van der Waals surface area contributed by atoms with Gasteiger partial charge in [0.05, 0.1) is 0 Å². The third-order valence-corrected chi connectivity index (χ3v) is 3.00. The molecule has 0 saturated heterocycles. The molecule has 12 nitrogen and oxygen atoms in total. The van der Waals surface area contributed by atoms with Crippen LogP contribution in [0.3, 0.4) is 0 Å². The summed E-state index contributed by atoms with van der Waals surface area (Å²) < 4.78 is 10.9. The lowest BCUT2D eigenvalue weighted by molar-refractivity contribution is -0.390. The minimum atomic E-state index is -1.46. The van der Waals surface area contributed by atoms with Gasteiger partial charge < -0.3 is 40.1 Å². The minimum absolute atomic E-state index is 0.250. The monoisotopic (exact) mass is 610 g/mol. The first-order valence-electron chi connectivity index (χ1n) is 13.7. The van der Waals surface area contributed by atoms with Gasteiger partial charge in [-0.25, -0.2) is 9.59 Å². The van der Waals surface area contributed by atoms with Gasteiger partial charge in [0.15, 0.2) is 6.61 Å². The first-order chi connectivity index (χ1) is 20.0. The fourth-order valence-electron chi connectivity index (χ4n) is 1.78. The third-order valence-electron chi connectivity index (χ3n) is 3.00. The van der Waals surface area contributed by atoms with E-state index in [1.54, 1.807) is 65.8 Å². The highest BCUT2D eigenvalue weighted by Gasteiger charge is 2.38. The molecule has 42 heavy (non-hydrogen) atoms. The summed E-state index contributed by atoms with van der Waals surface area (Å²) in [6.07, 6.45) is 3.87. The van der Waals surface area contributed by atoms with Crippen molar-refractivity contribution < 1.29 is 59.5 Å². The Morgan fingerprint density at radius 1 is 0.714 bits per heavy atom. The number of benzene rings is 1. The molecule has 0 fully saturated rings. The van der Waals surface area contributed by atoms with Crippen molar-refractivity contribution in [1.29, 1.82) is 0 Å². The summed E-state index contributed by atoms with van der Waals surface area (Å²) in [5, 5.41) is 45.4. The van der Waals surface area contributed by atoms with Crippen LogP contribution in [0.25, 0.3) is 0 Å². The fourth-order valence-corrected chi connectivity index (χ4v) is 1.78. The maximum Gasteiger partial charge on any atom is 0.365 e. The highest BCUT2D eigenvalue weighted by atomic mass is 17.2. The standard InChI is InChI=1S/C18H22O6.6C2H6O/c1-4-7-13-18(14-21-16(19)5-2,24-23-17(20)6-3)22-15-11-9-8-10-12-15;6*1-2-3/h5-6,8-12H,2-4,7,13-14H2,1H3;6*3H,2H2,1H3. The van der Waals surface area contributed by atoms with E-state index >= 15 is 0 Å². The Morgan fingerprint density at radius 2 is 1.10 bits per heavy atom. The molecule has 0 aromatic heterocycles. The Morgan fingerprint density at radius 3 is 1.43 bits per heavy atom. The molecule has 0 aliphatic heterocycles. The average Bonchev–Trinajstić information content (AvgIpc) is 2.96. The van der Waals surface area contributed by atoms with Crippen molar-refractivity contribution in [2.75, 3.05) is 46.2 Å². The Balaban J connectivity index is -0.000000148. The molecule has 0 aliphatic rings. The van der Waals surface area contributed by atoms with Gasteiger partial charge in [0.1, 0.15) is 5.75 Å². The molecule has 0 bridgehead atoms. The molecule has 1 aromatic rings. The number of aliphatic hydroxyl groups is 6. The number of ether oxygens (including phenoxy) is 2. The summed E-state index contributed by atoms with van der Waals surface area (Å²) in [4.78, 5) is 32.7. The summed E-state index contributed by atoms with van der Waals surface area (Å²) in [5.41, 5.74) is 0. The van der Waals surface area contributed by atoms with Crippen molar-refractivity contribution in [3.63, 3.8) is 0 Å². The first-order valence-corrected chi connectivity index (χ1v) is 13.7. The van der Waals surface area contributed by atoms with E-state index in [0.29, 0.717) is 18.6 Å². The van der Waals surface area contributed by atoms with Gasteiger partial charge in [-0.05, 0) is 60.1 Å². The summed E-state index contributed by atoms with van der Waals surface area (Å²) in [7, 11) is 0. The van der Waals surface area contributed by atoms with Crippen molar-refractivity contribution in [2.24, 2.45) is 0 Å². The first kappa shape index (κ1) is 51.9. The number of rotatable bonds is 11. The Hall–Kier alpha value is -2.84.